The number of nitrogens with zero attached hydrogens (tertiary/aromatic N) is 3. The topological polar surface area (TPSA) is 99.2 Å². The molecule has 0 unspecified atom stereocenters. The summed E-state index contributed by atoms with van der Waals surface area (Å²) >= 11 is 0. The van der Waals surface area contributed by atoms with E-state index in [-0.39, 0.29) is 11.6 Å². The summed E-state index contributed by atoms with van der Waals surface area (Å²) in [7, 11) is 0. The molecule has 1 saturated heterocycles. The standard InChI is InChI=1S/C11H16N4O3/c1-2-11(10(17)18)3-5-15(6-4-11)9(16)8-7-12-14-13-8/h7H,2-6H2,1H3,(H,17,18)(H,12,13,14). The van der Waals surface area contributed by atoms with Crippen LogP contribution in [0.2, 0.25) is 0 Å². The number of carboxylic acids is 1. The molecular weight excluding hydrogens is 236 g/mol. The molecule has 2 N–H and O–H groups in total. The number of aliphatic carboxylic acids is 1. The lowest BCUT2D eigenvalue weighted by molar-refractivity contribution is -0.152. The number of rotatable bonds is 3. The summed E-state index contributed by atoms with van der Waals surface area (Å²) < 4.78 is 0. The average molecular weight is 252 g/mol. The minimum Gasteiger partial charge on any atom is -0.481 e. The molecule has 0 atom stereocenters. The van der Waals surface area contributed by atoms with Crippen LogP contribution in [-0.2, 0) is 4.79 Å². The van der Waals surface area contributed by atoms with Crippen LogP contribution in [-0.4, -0.2) is 50.4 Å². The fourth-order valence-corrected chi connectivity index (χ4v) is 2.32. The maximum absolute atomic E-state index is 12.0. The summed E-state index contributed by atoms with van der Waals surface area (Å²) in [6.07, 6.45) is 2.94. The number of carboxylic acid groups (broad SMARTS) is 1. The number of carbonyl (C=O) groups is 2. The lowest BCUT2D eigenvalue weighted by atomic mass is 9.76. The van der Waals surface area contributed by atoms with Gasteiger partial charge in [-0.05, 0) is 19.3 Å². The second-order valence-corrected chi connectivity index (χ2v) is 4.59. The third-order valence-corrected chi connectivity index (χ3v) is 3.77. The Bertz CT molecular complexity index is 435. The summed E-state index contributed by atoms with van der Waals surface area (Å²) in [4.78, 5) is 24.9. The van der Waals surface area contributed by atoms with Gasteiger partial charge < -0.3 is 10.0 Å². The summed E-state index contributed by atoms with van der Waals surface area (Å²) in [6.45, 7) is 2.78. The molecule has 18 heavy (non-hydrogen) atoms. The van der Waals surface area contributed by atoms with Gasteiger partial charge in [-0.3, -0.25) is 9.59 Å². The first-order valence-corrected chi connectivity index (χ1v) is 5.97. The highest BCUT2D eigenvalue weighted by molar-refractivity contribution is 5.92. The van der Waals surface area contributed by atoms with Gasteiger partial charge in [-0.25, -0.2) is 0 Å². The van der Waals surface area contributed by atoms with Gasteiger partial charge in [-0.1, -0.05) is 6.92 Å². The first-order chi connectivity index (χ1) is 8.59. The van der Waals surface area contributed by atoms with E-state index in [0.717, 1.165) is 0 Å². The van der Waals surface area contributed by atoms with Crippen LogP contribution in [0.4, 0.5) is 0 Å². The van der Waals surface area contributed by atoms with E-state index in [0.29, 0.717) is 32.4 Å². The van der Waals surface area contributed by atoms with Gasteiger partial charge >= 0.3 is 5.97 Å². The molecule has 7 heteroatoms. The fraction of sp³-hybridized carbons (Fsp3) is 0.636. The van der Waals surface area contributed by atoms with Crippen molar-refractivity contribution in [2.45, 2.75) is 26.2 Å². The fourth-order valence-electron chi connectivity index (χ4n) is 2.32. The molecular formula is C11H16N4O3. The van der Waals surface area contributed by atoms with Crippen LogP contribution < -0.4 is 0 Å². The van der Waals surface area contributed by atoms with E-state index in [9.17, 15) is 14.7 Å². The van der Waals surface area contributed by atoms with E-state index in [1.54, 1.807) is 4.90 Å². The third kappa shape index (κ3) is 2.07. The van der Waals surface area contributed by atoms with Gasteiger partial charge in [0.1, 0.15) is 0 Å². The Morgan fingerprint density at radius 3 is 2.61 bits per heavy atom. The SMILES string of the molecule is CCC1(C(=O)O)CCN(C(=O)c2cn[nH]n2)CC1. The Morgan fingerprint density at radius 2 is 2.17 bits per heavy atom. The lowest BCUT2D eigenvalue weighted by Crippen LogP contribution is -2.46. The van der Waals surface area contributed by atoms with Gasteiger partial charge in [-0.2, -0.15) is 15.4 Å². The van der Waals surface area contributed by atoms with Crippen LogP contribution >= 0.6 is 0 Å². The Hall–Kier alpha value is -1.92. The Labute approximate surface area is 104 Å². The van der Waals surface area contributed by atoms with Crippen molar-refractivity contribution in [3.8, 4) is 0 Å². The molecule has 1 fully saturated rings. The normalized spacial score (nSPS) is 18.6. The molecule has 0 bridgehead atoms. The number of amides is 1. The summed E-state index contributed by atoms with van der Waals surface area (Å²) in [6, 6.07) is 0. The molecule has 1 aliphatic rings. The average Bonchev–Trinajstić information content (AvgIpc) is 2.91. The number of nitrogens with one attached hydrogen (secondary N) is 1. The van der Waals surface area contributed by atoms with Crippen molar-refractivity contribution in [3.63, 3.8) is 0 Å². The zero-order chi connectivity index (χ0) is 13.2. The van der Waals surface area contributed by atoms with Gasteiger partial charge in [0.2, 0.25) is 0 Å². The molecule has 0 aromatic carbocycles. The van der Waals surface area contributed by atoms with E-state index >= 15 is 0 Å². The second-order valence-electron chi connectivity index (χ2n) is 4.59. The summed E-state index contributed by atoms with van der Waals surface area (Å²) in [5.74, 6) is -0.961. The molecule has 1 aromatic rings. The number of H-pyrrole nitrogens is 1. The number of aromatic nitrogens is 3. The lowest BCUT2D eigenvalue weighted by Gasteiger charge is -2.37. The van der Waals surface area contributed by atoms with Crippen molar-refractivity contribution >= 4 is 11.9 Å². The van der Waals surface area contributed by atoms with E-state index in [4.69, 9.17) is 0 Å². The third-order valence-electron chi connectivity index (χ3n) is 3.77. The minimum absolute atomic E-state index is 0.196. The van der Waals surface area contributed by atoms with E-state index in [2.05, 4.69) is 15.4 Å². The minimum atomic E-state index is -0.765. The van der Waals surface area contributed by atoms with Crippen molar-refractivity contribution < 1.29 is 14.7 Å². The number of likely N-dealkylation sites (tertiary alicyclic amines) is 1. The van der Waals surface area contributed by atoms with Gasteiger partial charge in [0, 0.05) is 13.1 Å². The van der Waals surface area contributed by atoms with Crippen molar-refractivity contribution in [3.05, 3.63) is 11.9 Å². The zero-order valence-electron chi connectivity index (χ0n) is 10.2. The van der Waals surface area contributed by atoms with Crippen LogP contribution in [0.5, 0.6) is 0 Å². The number of hydrogen-bond acceptors (Lipinski definition) is 4. The van der Waals surface area contributed by atoms with E-state index < -0.39 is 11.4 Å². The van der Waals surface area contributed by atoms with Crippen molar-refractivity contribution in [1.29, 1.82) is 0 Å². The number of aromatic amines is 1. The largest absolute Gasteiger partial charge is 0.481 e. The quantitative estimate of drug-likeness (QED) is 0.817. The highest BCUT2D eigenvalue weighted by atomic mass is 16.4. The summed E-state index contributed by atoms with van der Waals surface area (Å²) in [5.41, 5.74) is -0.407. The first-order valence-electron chi connectivity index (χ1n) is 5.97. The number of hydrogen-bond donors (Lipinski definition) is 2. The highest BCUT2D eigenvalue weighted by Crippen LogP contribution is 2.35. The van der Waals surface area contributed by atoms with Gasteiger partial charge in [0.25, 0.3) is 5.91 Å². The van der Waals surface area contributed by atoms with Crippen LogP contribution in [0.15, 0.2) is 6.20 Å². The molecule has 2 rings (SSSR count). The Kier molecular flexibility index (Phi) is 3.31. The molecule has 0 spiro atoms. The number of carbonyl (C=O) groups excluding carboxylic acids is 1. The van der Waals surface area contributed by atoms with Crippen molar-refractivity contribution in [2.24, 2.45) is 5.41 Å². The molecule has 98 valence electrons. The van der Waals surface area contributed by atoms with Crippen LogP contribution in [0.3, 0.4) is 0 Å². The highest BCUT2D eigenvalue weighted by Gasteiger charge is 2.41. The Balaban J connectivity index is 2.02. The predicted molar refractivity (Wildman–Crippen MR) is 61.9 cm³/mol. The van der Waals surface area contributed by atoms with Gasteiger partial charge in [0.05, 0.1) is 11.6 Å². The van der Waals surface area contributed by atoms with Crippen LogP contribution in [0, 0.1) is 5.41 Å². The molecule has 2 heterocycles. The van der Waals surface area contributed by atoms with Crippen molar-refractivity contribution in [1.82, 2.24) is 20.3 Å². The van der Waals surface area contributed by atoms with E-state index in [1.807, 2.05) is 6.92 Å². The van der Waals surface area contributed by atoms with Gasteiger partial charge in [-0.15, -0.1) is 0 Å². The van der Waals surface area contributed by atoms with Crippen LogP contribution in [0.25, 0.3) is 0 Å². The number of piperidine rings is 1. The van der Waals surface area contributed by atoms with Crippen molar-refractivity contribution in [2.75, 3.05) is 13.1 Å². The molecule has 0 aliphatic carbocycles. The van der Waals surface area contributed by atoms with Crippen LogP contribution in [0.1, 0.15) is 36.7 Å². The Morgan fingerprint density at radius 1 is 1.50 bits per heavy atom. The predicted octanol–water partition coefficient (Wildman–Crippen LogP) is 0.522. The van der Waals surface area contributed by atoms with E-state index in [1.165, 1.54) is 6.20 Å². The molecule has 0 saturated carbocycles. The molecule has 1 aromatic heterocycles. The zero-order valence-corrected chi connectivity index (χ0v) is 10.2. The maximum Gasteiger partial charge on any atom is 0.309 e. The summed E-state index contributed by atoms with van der Waals surface area (Å²) in [5, 5.41) is 19.0. The smallest absolute Gasteiger partial charge is 0.309 e. The van der Waals surface area contributed by atoms with Gasteiger partial charge in [0.15, 0.2) is 5.69 Å². The monoisotopic (exact) mass is 252 g/mol. The second kappa shape index (κ2) is 4.75. The molecule has 1 amide bonds. The first kappa shape index (κ1) is 12.5. The maximum atomic E-state index is 12.0. The molecule has 0 radical (unpaired) electrons. The molecule has 7 nitrogen and oxygen atoms in total. The molecule has 1 aliphatic heterocycles.